The van der Waals surface area contributed by atoms with E-state index in [9.17, 15) is 4.39 Å². The number of rotatable bonds is 7. The quantitative estimate of drug-likeness (QED) is 0.528. The summed E-state index contributed by atoms with van der Waals surface area (Å²) in [6, 6.07) is 11.8. The second-order valence-corrected chi connectivity index (χ2v) is 8.79. The van der Waals surface area contributed by atoms with E-state index >= 15 is 0 Å². The summed E-state index contributed by atoms with van der Waals surface area (Å²) in [5.74, 6) is 0.515. The van der Waals surface area contributed by atoms with Crippen molar-refractivity contribution in [2.45, 2.75) is 26.2 Å². The third-order valence-corrected chi connectivity index (χ3v) is 6.58. The number of fused-ring (bicyclic) bond motifs is 1. The number of nitrogens with two attached hydrogens (primary N) is 1. The summed E-state index contributed by atoms with van der Waals surface area (Å²) in [5, 5.41) is 0. The minimum atomic E-state index is -0.319. The molecule has 3 aromatic rings. The number of likely N-dealkylation sites (tertiary alicyclic amines) is 1. The van der Waals surface area contributed by atoms with Crippen LogP contribution in [-0.2, 0) is 6.42 Å². The molecule has 4 rings (SSSR count). The minimum absolute atomic E-state index is 0.319. The largest absolute Gasteiger partial charge is 0.481 e. The maximum absolute atomic E-state index is 14.6. The van der Waals surface area contributed by atoms with E-state index in [-0.39, 0.29) is 5.82 Å². The van der Waals surface area contributed by atoms with E-state index in [1.165, 1.54) is 11.8 Å². The zero-order valence-corrected chi connectivity index (χ0v) is 20.1. The van der Waals surface area contributed by atoms with Gasteiger partial charge in [-0.3, -0.25) is 9.98 Å². The number of ether oxygens (including phenoxy) is 1. The van der Waals surface area contributed by atoms with Crippen molar-refractivity contribution >= 4 is 22.4 Å². The molecule has 1 aliphatic rings. The molecule has 2 N–H and O–H groups in total. The van der Waals surface area contributed by atoms with Gasteiger partial charge in [-0.15, -0.1) is 0 Å². The number of methoxy groups -OCH3 is 1. The van der Waals surface area contributed by atoms with Crippen molar-refractivity contribution < 1.29 is 9.13 Å². The zero-order valence-electron chi connectivity index (χ0n) is 20.1. The van der Waals surface area contributed by atoms with Gasteiger partial charge in [0.05, 0.1) is 24.3 Å². The Morgan fingerprint density at radius 2 is 1.94 bits per heavy atom. The van der Waals surface area contributed by atoms with E-state index < -0.39 is 0 Å². The van der Waals surface area contributed by atoms with Crippen molar-refractivity contribution in [2.24, 2.45) is 16.6 Å². The first kappa shape index (κ1) is 23.8. The molecule has 34 heavy (non-hydrogen) atoms. The van der Waals surface area contributed by atoms with Gasteiger partial charge in [-0.2, -0.15) is 0 Å². The summed E-state index contributed by atoms with van der Waals surface area (Å²) < 4.78 is 19.8. The average molecular weight is 462 g/mol. The van der Waals surface area contributed by atoms with E-state index in [4.69, 9.17) is 10.5 Å². The van der Waals surface area contributed by atoms with Crippen LogP contribution in [0.2, 0.25) is 0 Å². The van der Waals surface area contributed by atoms with Gasteiger partial charge in [0.2, 0.25) is 5.88 Å². The van der Waals surface area contributed by atoms with Gasteiger partial charge in [-0.1, -0.05) is 29.8 Å². The van der Waals surface area contributed by atoms with Gasteiger partial charge < -0.3 is 15.4 Å². The molecule has 0 aliphatic carbocycles. The Morgan fingerprint density at radius 1 is 1.21 bits per heavy atom. The maximum Gasteiger partial charge on any atom is 0.213 e. The zero-order chi connectivity index (χ0) is 24.1. The Hall–Kier alpha value is -3.32. The molecule has 6 nitrogen and oxygen atoms in total. The standard InChI is InChI=1S/C27H32FN5O/c1-18-4-6-19(7-5-18)23(29)16-25(30-2)20-10-13-33(14-11-20)15-12-21-22(28)17-31-24-8-9-26(34-3)32-27(21)24/h4-9,16-17,20H,10-15,29H2,1-3H3/b23-16-,30-25?. The molecule has 1 fully saturated rings. The van der Waals surface area contributed by atoms with E-state index in [1.54, 1.807) is 13.2 Å². The monoisotopic (exact) mass is 461 g/mol. The number of nitrogens with zero attached hydrogens (tertiary/aromatic N) is 4. The van der Waals surface area contributed by atoms with Crippen molar-refractivity contribution in [2.75, 3.05) is 33.8 Å². The molecule has 0 spiro atoms. The molecule has 0 atom stereocenters. The normalized spacial score (nSPS) is 16.2. The lowest BCUT2D eigenvalue weighted by atomic mass is 9.90. The number of allylic oxidation sites excluding steroid dienone is 1. The van der Waals surface area contributed by atoms with Gasteiger partial charge in [0.15, 0.2) is 0 Å². The summed E-state index contributed by atoms with van der Waals surface area (Å²) in [6.45, 7) is 4.70. The number of pyridine rings is 2. The second-order valence-electron chi connectivity index (χ2n) is 8.79. The summed E-state index contributed by atoms with van der Waals surface area (Å²) >= 11 is 0. The highest BCUT2D eigenvalue weighted by atomic mass is 19.1. The number of piperidine rings is 1. The Morgan fingerprint density at radius 3 is 2.62 bits per heavy atom. The van der Waals surface area contributed by atoms with Crippen LogP contribution >= 0.6 is 0 Å². The number of halogens is 1. The van der Waals surface area contributed by atoms with Crippen LogP contribution in [0.5, 0.6) is 5.88 Å². The van der Waals surface area contributed by atoms with Crippen LogP contribution in [0.1, 0.15) is 29.5 Å². The highest BCUT2D eigenvalue weighted by molar-refractivity contribution is 6.02. The van der Waals surface area contributed by atoms with Gasteiger partial charge in [-0.05, 0) is 57.0 Å². The molecule has 3 heterocycles. The fourth-order valence-corrected chi connectivity index (χ4v) is 4.50. The summed E-state index contributed by atoms with van der Waals surface area (Å²) in [4.78, 5) is 15.5. The fourth-order valence-electron chi connectivity index (χ4n) is 4.50. The summed E-state index contributed by atoms with van der Waals surface area (Å²) in [5.41, 5.74) is 12.2. The van der Waals surface area contributed by atoms with E-state index in [2.05, 4.69) is 38.9 Å². The molecule has 178 valence electrons. The average Bonchev–Trinajstić information content (AvgIpc) is 2.87. The molecule has 1 saturated heterocycles. The number of aliphatic imine (C=N–C) groups is 1. The Balaban J connectivity index is 1.38. The second kappa shape index (κ2) is 10.7. The van der Waals surface area contributed by atoms with Gasteiger partial charge in [0.25, 0.3) is 0 Å². The summed E-state index contributed by atoms with van der Waals surface area (Å²) in [7, 11) is 3.39. The number of hydrogen-bond acceptors (Lipinski definition) is 6. The molecule has 1 aromatic carbocycles. The maximum atomic E-state index is 14.6. The third kappa shape index (κ3) is 5.42. The summed E-state index contributed by atoms with van der Waals surface area (Å²) in [6.07, 6.45) is 5.87. The van der Waals surface area contributed by atoms with Gasteiger partial charge in [0.1, 0.15) is 5.82 Å². The lowest BCUT2D eigenvalue weighted by Gasteiger charge is -2.32. The molecule has 0 bridgehead atoms. The SMILES string of the molecule is CN=C(/C=C(\N)c1ccc(C)cc1)C1CCN(CCc2c(F)cnc3ccc(OC)nc23)CC1. The molecule has 7 heteroatoms. The third-order valence-electron chi connectivity index (χ3n) is 6.58. The molecule has 0 saturated carbocycles. The van der Waals surface area contributed by atoms with Crippen LogP contribution in [0.15, 0.2) is 53.7 Å². The smallest absolute Gasteiger partial charge is 0.213 e. The Bertz CT molecular complexity index is 1200. The van der Waals surface area contributed by atoms with Crippen LogP contribution in [-0.4, -0.2) is 54.4 Å². The van der Waals surface area contributed by atoms with Crippen LogP contribution in [0.4, 0.5) is 4.39 Å². The lowest BCUT2D eigenvalue weighted by Crippen LogP contribution is -2.37. The van der Waals surface area contributed by atoms with E-state index in [0.717, 1.165) is 49.4 Å². The van der Waals surface area contributed by atoms with Crippen molar-refractivity contribution in [3.05, 3.63) is 71.2 Å². The molecule has 1 aliphatic heterocycles. The Kier molecular flexibility index (Phi) is 7.53. The highest BCUT2D eigenvalue weighted by Crippen LogP contribution is 2.24. The molecular weight excluding hydrogens is 429 g/mol. The molecule has 0 amide bonds. The van der Waals surface area contributed by atoms with Gasteiger partial charge in [-0.25, -0.2) is 9.37 Å². The predicted molar refractivity (Wildman–Crippen MR) is 136 cm³/mol. The Labute approximate surface area is 200 Å². The van der Waals surface area contributed by atoms with Crippen LogP contribution in [0.3, 0.4) is 0 Å². The number of hydrogen-bond donors (Lipinski definition) is 1. The van der Waals surface area contributed by atoms with Gasteiger partial charge >= 0.3 is 0 Å². The van der Waals surface area contributed by atoms with Crippen LogP contribution in [0, 0.1) is 18.7 Å². The first-order chi connectivity index (χ1) is 16.5. The predicted octanol–water partition coefficient (Wildman–Crippen LogP) is 4.41. The topological polar surface area (TPSA) is 76.6 Å². The molecular formula is C27H32FN5O. The number of benzene rings is 1. The van der Waals surface area contributed by atoms with Crippen LogP contribution in [0.25, 0.3) is 16.7 Å². The van der Waals surface area contributed by atoms with Crippen molar-refractivity contribution in [3.63, 3.8) is 0 Å². The molecule has 0 unspecified atom stereocenters. The highest BCUT2D eigenvalue weighted by Gasteiger charge is 2.23. The lowest BCUT2D eigenvalue weighted by molar-refractivity contribution is 0.211. The first-order valence-electron chi connectivity index (χ1n) is 11.7. The van der Waals surface area contributed by atoms with Crippen molar-refractivity contribution in [1.82, 2.24) is 14.9 Å². The number of aromatic nitrogens is 2. The van der Waals surface area contributed by atoms with Crippen molar-refractivity contribution in [1.29, 1.82) is 0 Å². The first-order valence-corrected chi connectivity index (χ1v) is 11.7. The number of aryl methyl sites for hydroxylation is 1. The van der Waals surface area contributed by atoms with Crippen LogP contribution < -0.4 is 10.5 Å². The van der Waals surface area contributed by atoms with E-state index in [0.29, 0.717) is 34.8 Å². The molecule has 2 aromatic heterocycles. The van der Waals surface area contributed by atoms with Gasteiger partial charge in [0, 0.05) is 42.5 Å². The molecule has 0 radical (unpaired) electrons. The van der Waals surface area contributed by atoms with Crippen molar-refractivity contribution in [3.8, 4) is 5.88 Å². The fraction of sp³-hybridized carbons (Fsp3) is 0.370. The minimum Gasteiger partial charge on any atom is -0.481 e. The van der Waals surface area contributed by atoms with E-state index in [1.807, 2.05) is 31.3 Å².